The highest BCUT2D eigenvalue weighted by atomic mass is 16.5. The molecular weight excluding hydrogens is 232 g/mol. The van der Waals surface area contributed by atoms with Gasteiger partial charge in [-0.1, -0.05) is 0 Å². The first-order valence-electron chi connectivity index (χ1n) is 5.43. The van der Waals surface area contributed by atoms with Crippen LogP contribution in [0.4, 0.5) is 11.4 Å². The van der Waals surface area contributed by atoms with Crippen LogP contribution in [-0.2, 0) is 11.3 Å². The maximum Gasteiger partial charge on any atom is 0.337 e. The number of nitrogens with one attached hydrogen (secondary N) is 1. The molecule has 0 bridgehead atoms. The number of anilines is 2. The molecule has 0 saturated carbocycles. The van der Waals surface area contributed by atoms with Crippen LogP contribution in [0.5, 0.6) is 0 Å². The normalized spacial score (nSPS) is 10.1. The molecule has 2 rings (SSSR count). The minimum atomic E-state index is -0.400. The molecule has 0 unspecified atom stereocenters. The molecule has 0 spiro atoms. The van der Waals surface area contributed by atoms with E-state index < -0.39 is 5.97 Å². The third-order valence-corrected chi connectivity index (χ3v) is 2.54. The molecule has 5 nitrogen and oxygen atoms in total. The summed E-state index contributed by atoms with van der Waals surface area (Å²) in [4.78, 5) is 11.3. The Morgan fingerprint density at radius 1 is 1.44 bits per heavy atom. The monoisotopic (exact) mass is 246 g/mol. The standard InChI is InChI=1S/C13H14N2O3/c1-17-13(16)10-2-3-12(11(14)6-10)15-7-9-4-5-18-8-9/h2-6,8,15H,7,14H2,1H3. The highest BCUT2D eigenvalue weighted by molar-refractivity contribution is 5.91. The number of hydrogen-bond acceptors (Lipinski definition) is 5. The van der Waals surface area contributed by atoms with Crippen molar-refractivity contribution >= 4 is 17.3 Å². The Balaban J connectivity index is 2.08. The average molecular weight is 246 g/mol. The summed E-state index contributed by atoms with van der Waals surface area (Å²) in [6.07, 6.45) is 3.27. The van der Waals surface area contributed by atoms with Crippen molar-refractivity contribution in [3.8, 4) is 0 Å². The first-order valence-corrected chi connectivity index (χ1v) is 5.43. The molecule has 0 aliphatic carbocycles. The lowest BCUT2D eigenvalue weighted by Gasteiger charge is -2.09. The van der Waals surface area contributed by atoms with Crippen molar-refractivity contribution in [2.75, 3.05) is 18.2 Å². The van der Waals surface area contributed by atoms with Gasteiger partial charge in [0.1, 0.15) is 0 Å². The topological polar surface area (TPSA) is 77.5 Å². The van der Waals surface area contributed by atoms with E-state index in [1.54, 1.807) is 30.7 Å². The van der Waals surface area contributed by atoms with Crippen molar-refractivity contribution in [3.05, 3.63) is 47.9 Å². The smallest absolute Gasteiger partial charge is 0.337 e. The molecular formula is C13H14N2O3. The number of benzene rings is 1. The predicted octanol–water partition coefficient (Wildman–Crippen LogP) is 2.26. The van der Waals surface area contributed by atoms with Crippen LogP contribution in [0.25, 0.3) is 0 Å². The van der Waals surface area contributed by atoms with Gasteiger partial charge in [-0.2, -0.15) is 0 Å². The van der Waals surface area contributed by atoms with Gasteiger partial charge >= 0.3 is 5.97 Å². The Hall–Kier alpha value is -2.43. The Morgan fingerprint density at radius 2 is 2.28 bits per heavy atom. The van der Waals surface area contributed by atoms with Crippen molar-refractivity contribution < 1.29 is 13.9 Å². The molecule has 0 fully saturated rings. The predicted molar refractivity (Wildman–Crippen MR) is 68.2 cm³/mol. The molecule has 0 aliphatic rings. The number of ether oxygens (including phenoxy) is 1. The molecule has 1 aromatic carbocycles. The number of nitrogen functional groups attached to an aromatic ring is 1. The lowest BCUT2D eigenvalue weighted by molar-refractivity contribution is 0.0601. The van der Waals surface area contributed by atoms with Crippen molar-refractivity contribution in [2.45, 2.75) is 6.54 Å². The SMILES string of the molecule is COC(=O)c1ccc(NCc2ccoc2)c(N)c1. The van der Waals surface area contributed by atoms with Gasteiger partial charge in [-0.3, -0.25) is 0 Å². The summed E-state index contributed by atoms with van der Waals surface area (Å²) in [5.74, 6) is -0.400. The van der Waals surface area contributed by atoms with Crippen molar-refractivity contribution in [1.82, 2.24) is 0 Å². The van der Waals surface area contributed by atoms with E-state index >= 15 is 0 Å². The second-order valence-corrected chi connectivity index (χ2v) is 3.78. The molecule has 5 heteroatoms. The highest BCUT2D eigenvalue weighted by Crippen LogP contribution is 2.21. The number of rotatable bonds is 4. The van der Waals surface area contributed by atoms with E-state index in [0.717, 1.165) is 11.3 Å². The Morgan fingerprint density at radius 3 is 2.89 bits per heavy atom. The largest absolute Gasteiger partial charge is 0.472 e. The van der Waals surface area contributed by atoms with E-state index in [2.05, 4.69) is 10.1 Å². The van der Waals surface area contributed by atoms with Crippen molar-refractivity contribution in [1.29, 1.82) is 0 Å². The molecule has 0 aliphatic heterocycles. The van der Waals surface area contributed by atoms with Gasteiger partial charge in [-0.05, 0) is 24.3 Å². The van der Waals surface area contributed by atoms with E-state index in [-0.39, 0.29) is 0 Å². The number of esters is 1. The van der Waals surface area contributed by atoms with Crippen LogP contribution in [0.2, 0.25) is 0 Å². The van der Waals surface area contributed by atoms with Crippen LogP contribution in [-0.4, -0.2) is 13.1 Å². The fourth-order valence-electron chi connectivity index (χ4n) is 1.56. The zero-order valence-electron chi connectivity index (χ0n) is 9.97. The van der Waals surface area contributed by atoms with E-state index in [0.29, 0.717) is 17.8 Å². The van der Waals surface area contributed by atoms with Crippen LogP contribution < -0.4 is 11.1 Å². The summed E-state index contributed by atoms with van der Waals surface area (Å²) in [6.45, 7) is 0.609. The van der Waals surface area contributed by atoms with Crippen LogP contribution in [0.1, 0.15) is 15.9 Å². The van der Waals surface area contributed by atoms with E-state index in [1.807, 2.05) is 6.07 Å². The maximum absolute atomic E-state index is 11.3. The van der Waals surface area contributed by atoms with Gasteiger partial charge in [-0.15, -0.1) is 0 Å². The summed E-state index contributed by atoms with van der Waals surface area (Å²) in [7, 11) is 1.34. The molecule has 0 radical (unpaired) electrons. The summed E-state index contributed by atoms with van der Waals surface area (Å²) in [5.41, 5.74) is 8.58. The Labute approximate surface area is 105 Å². The lowest BCUT2D eigenvalue weighted by Crippen LogP contribution is -2.05. The van der Waals surface area contributed by atoms with Crippen LogP contribution in [0.15, 0.2) is 41.2 Å². The van der Waals surface area contributed by atoms with Gasteiger partial charge in [0.05, 0.1) is 36.6 Å². The number of nitrogens with two attached hydrogens (primary N) is 1. The number of methoxy groups -OCH3 is 1. The molecule has 0 saturated heterocycles. The van der Waals surface area contributed by atoms with Gasteiger partial charge in [0, 0.05) is 12.1 Å². The number of carbonyl (C=O) groups is 1. The third kappa shape index (κ3) is 2.63. The quantitative estimate of drug-likeness (QED) is 0.639. The molecule has 94 valence electrons. The van der Waals surface area contributed by atoms with E-state index in [9.17, 15) is 4.79 Å². The molecule has 2 aromatic rings. The molecule has 18 heavy (non-hydrogen) atoms. The first-order chi connectivity index (χ1) is 8.70. The highest BCUT2D eigenvalue weighted by Gasteiger charge is 2.07. The summed E-state index contributed by atoms with van der Waals surface area (Å²) >= 11 is 0. The van der Waals surface area contributed by atoms with Crippen LogP contribution >= 0.6 is 0 Å². The Bertz CT molecular complexity index is 535. The maximum atomic E-state index is 11.3. The second kappa shape index (κ2) is 5.27. The van der Waals surface area contributed by atoms with E-state index in [4.69, 9.17) is 10.2 Å². The summed E-state index contributed by atoms with van der Waals surface area (Å²) in [5, 5.41) is 3.16. The third-order valence-electron chi connectivity index (χ3n) is 2.54. The number of carbonyl (C=O) groups excluding carboxylic acids is 1. The zero-order valence-corrected chi connectivity index (χ0v) is 9.97. The lowest BCUT2D eigenvalue weighted by atomic mass is 10.1. The molecule has 0 atom stereocenters. The first kappa shape index (κ1) is 12.0. The molecule has 1 heterocycles. The fraction of sp³-hybridized carbons (Fsp3) is 0.154. The minimum absolute atomic E-state index is 0.400. The molecule has 3 N–H and O–H groups in total. The Kier molecular flexibility index (Phi) is 3.52. The van der Waals surface area contributed by atoms with Crippen molar-refractivity contribution in [3.63, 3.8) is 0 Å². The zero-order chi connectivity index (χ0) is 13.0. The number of furan rings is 1. The van der Waals surface area contributed by atoms with Crippen LogP contribution in [0, 0.1) is 0 Å². The van der Waals surface area contributed by atoms with Gasteiger partial charge in [0.25, 0.3) is 0 Å². The van der Waals surface area contributed by atoms with Gasteiger partial charge in [0.15, 0.2) is 0 Å². The van der Waals surface area contributed by atoms with Gasteiger partial charge in [-0.25, -0.2) is 4.79 Å². The minimum Gasteiger partial charge on any atom is -0.472 e. The summed E-state index contributed by atoms with van der Waals surface area (Å²) in [6, 6.07) is 6.87. The van der Waals surface area contributed by atoms with Gasteiger partial charge < -0.3 is 20.2 Å². The summed E-state index contributed by atoms with van der Waals surface area (Å²) < 4.78 is 9.59. The van der Waals surface area contributed by atoms with Crippen molar-refractivity contribution in [2.24, 2.45) is 0 Å². The number of hydrogen-bond donors (Lipinski definition) is 2. The molecule has 1 aromatic heterocycles. The second-order valence-electron chi connectivity index (χ2n) is 3.78. The molecule has 0 amide bonds. The van der Waals surface area contributed by atoms with E-state index in [1.165, 1.54) is 7.11 Å². The fourth-order valence-corrected chi connectivity index (χ4v) is 1.56. The average Bonchev–Trinajstić information content (AvgIpc) is 2.89. The van der Waals surface area contributed by atoms with Gasteiger partial charge in [0.2, 0.25) is 0 Å². The van der Waals surface area contributed by atoms with Crippen LogP contribution in [0.3, 0.4) is 0 Å².